The quantitative estimate of drug-likeness (QED) is 0.735. The van der Waals surface area contributed by atoms with Crippen LogP contribution in [0.1, 0.15) is 19.8 Å². The summed E-state index contributed by atoms with van der Waals surface area (Å²) in [4.78, 5) is 11.0. The number of esters is 1. The number of hydrogen-bond acceptors (Lipinski definition) is 4. The van der Waals surface area contributed by atoms with Crippen LogP contribution >= 0.6 is 0 Å². The van der Waals surface area contributed by atoms with Gasteiger partial charge < -0.3 is 14.6 Å². The summed E-state index contributed by atoms with van der Waals surface area (Å²) in [5, 5.41) is 9.53. The van der Waals surface area contributed by atoms with Crippen LogP contribution < -0.4 is 4.74 Å². The highest BCUT2D eigenvalue weighted by Crippen LogP contribution is 2.08. The number of carbonyl (C=O) groups excluding carboxylic acids is 1. The molecule has 17 heavy (non-hydrogen) atoms. The molecule has 0 aliphatic heterocycles. The van der Waals surface area contributed by atoms with E-state index >= 15 is 0 Å². The first kappa shape index (κ1) is 13.5. The summed E-state index contributed by atoms with van der Waals surface area (Å²) < 4.78 is 10.2. The summed E-state index contributed by atoms with van der Waals surface area (Å²) in [6.07, 6.45) is 0.331. The summed E-state index contributed by atoms with van der Waals surface area (Å²) in [6.45, 7) is 1.99. The molecule has 0 saturated heterocycles. The molecule has 4 heteroatoms. The topological polar surface area (TPSA) is 55.8 Å². The second-order valence-corrected chi connectivity index (χ2v) is 3.71. The Hall–Kier alpha value is -1.55. The second-order valence-electron chi connectivity index (χ2n) is 3.71. The molecule has 1 aromatic carbocycles. The van der Waals surface area contributed by atoms with Crippen LogP contribution in [0, 0.1) is 0 Å². The molecule has 0 saturated carbocycles. The van der Waals surface area contributed by atoms with Crippen molar-refractivity contribution in [1.82, 2.24) is 0 Å². The fourth-order valence-corrected chi connectivity index (χ4v) is 1.22. The molecule has 94 valence electrons. The maximum Gasteiger partial charge on any atom is 0.305 e. The molecule has 0 aliphatic rings. The maximum atomic E-state index is 11.0. The number of carbonyl (C=O) groups is 1. The van der Waals surface area contributed by atoms with Gasteiger partial charge in [0.15, 0.2) is 0 Å². The minimum absolute atomic E-state index is 0.0222. The zero-order valence-electron chi connectivity index (χ0n) is 9.96. The van der Waals surface area contributed by atoms with Crippen molar-refractivity contribution >= 4 is 5.97 Å². The minimum Gasteiger partial charge on any atom is -0.491 e. The van der Waals surface area contributed by atoms with E-state index in [9.17, 15) is 9.90 Å². The van der Waals surface area contributed by atoms with Crippen LogP contribution in [0.25, 0.3) is 0 Å². The Balaban J connectivity index is 2.17. The molecule has 0 amide bonds. The number of aliphatic hydroxyl groups excluding tert-OH is 1. The Morgan fingerprint density at radius 1 is 1.29 bits per heavy atom. The van der Waals surface area contributed by atoms with Gasteiger partial charge in [-0.1, -0.05) is 25.1 Å². The van der Waals surface area contributed by atoms with Crippen LogP contribution in [0.5, 0.6) is 5.75 Å². The normalized spacial score (nSPS) is 11.9. The largest absolute Gasteiger partial charge is 0.491 e. The van der Waals surface area contributed by atoms with E-state index in [2.05, 4.69) is 0 Å². The third kappa shape index (κ3) is 5.92. The van der Waals surface area contributed by atoms with Crippen molar-refractivity contribution in [2.45, 2.75) is 25.9 Å². The molecule has 0 spiro atoms. The molecule has 0 fully saturated rings. The zero-order valence-corrected chi connectivity index (χ0v) is 9.96. The van der Waals surface area contributed by atoms with Crippen LogP contribution in [0.2, 0.25) is 0 Å². The van der Waals surface area contributed by atoms with Gasteiger partial charge in [-0.15, -0.1) is 0 Å². The monoisotopic (exact) mass is 238 g/mol. The highest BCUT2D eigenvalue weighted by molar-refractivity contribution is 5.69. The number of para-hydroxylation sites is 1. The van der Waals surface area contributed by atoms with Gasteiger partial charge in [0.25, 0.3) is 0 Å². The summed E-state index contributed by atoms with van der Waals surface area (Å²) in [5.41, 5.74) is 0. The first-order chi connectivity index (χ1) is 8.22. The van der Waals surface area contributed by atoms with Crippen molar-refractivity contribution in [1.29, 1.82) is 0 Å². The lowest BCUT2D eigenvalue weighted by Crippen LogP contribution is -2.25. The fraction of sp³-hybridized carbons (Fsp3) is 0.462. The number of ether oxygens (including phenoxy) is 2. The average molecular weight is 238 g/mol. The molecule has 0 aromatic heterocycles. The van der Waals surface area contributed by atoms with Gasteiger partial charge in [0.2, 0.25) is 0 Å². The minimum atomic E-state index is -0.795. The van der Waals surface area contributed by atoms with E-state index in [1.54, 1.807) is 12.1 Å². The van der Waals surface area contributed by atoms with Crippen molar-refractivity contribution in [3.63, 3.8) is 0 Å². The number of hydrogen-bond donors (Lipinski definition) is 1. The first-order valence-corrected chi connectivity index (χ1v) is 5.74. The van der Waals surface area contributed by atoms with Gasteiger partial charge in [-0.05, 0) is 18.6 Å². The van der Waals surface area contributed by atoms with Gasteiger partial charge in [-0.2, -0.15) is 0 Å². The molecule has 1 rings (SSSR count). The maximum absolute atomic E-state index is 11.0. The number of aliphatic hydroxyl groups is 1. The molecular weight excluding hydrogens is 220 g/mol. The molecule has 0 radical (unpaired) electrons. The second kappa shape index (κ2) is 7.68. The van der Waals surface area contributed by atoms with Crippen molar-refractivity contribution < 1.29 is 19.4 Å². The average Bonchev–Trinajstić information content (AvgIpc) is 2.35. The summed E-state index contributed by atoms with van der Waals surface area (Å²) in [7, 11) is 0. The van der Waals surface area contributed by atoms with Crippen molar-refractivity contribution in [3.8, 4) is 5.75 Å². The van der Waals surface area contributed by atoms with E-state index in [1.165, 1.54) is 0 Å². The van der Waals surface area contributed by atoms with Crippen LogP contribution in [-0.4, -0.2) is 30.4 Å². The lowest BCUT2D eigenvalue weighted by atomic mass is 10.3. The fourth-order valence-electron chi connectivity index (χ4n) is 1.22. The van der Waals surface area contributed by atoms with E-state index < -0.39 is 6.10 Å². The van der Waals surface area contributed by atoms with Crippen LogP contribution in [0.4, 0.5) is 0 Å². The van der Waals surface area contributed by atoms with Crippen molar-refractivity contribution in [2.75, 3.05) is 13.2 Å². The molecule has 0 heterocycles. The van der Waals surface area contributed by atoms with Crippen LogP contribution in [0.15, 0.2) is 30.3 Å². The molecule has 1 aromatic rings. The van der Waals surface area contributed by atoms with Crippen LogP contribution in [0.3, 0.4) is 0 Å². The molecule has 0 unspecified atom stereocenters. The van der Waals surface area contributed by atoms with Gasteiger partial charge >= 0.3 is 5.97 Å². The molecule has 4 nitrogen and oxygen atoms in total. The van der Waals surface area contributed by atoms with E-state index in [-0.39, 0.29) is 19.2 Å². The predicted octanol–water partition coefficient (Wildman–Crippen LogP) is 1.77. The van der Waals surface area contributed by atoms with Gasteiger partial charge in [-0.25, -0.2) is 0 Å². The molecule has 0 bridgehead atoms. The Morgan fingerprint density at radius 2 is 2.00 bits per heavy atom. The summed E-state index contributed by atoms with van der Waals surface area (Å²) in [6, 6.07) is 9.19. The first-order valence-electron chi connectivity index (χ1n) is 5.74. The smallest absolute Gasteiger partial charge is 0.305 e. The summed E-state index contributed by atoms with van der Waals surface area (Å²) >= 11 is 0. The van der Waals surface area contributed by atoms with Gasteiger partial charge in [0, 0.05) is 6.42 Å². The van der Waals surface area contributed by atoms with Gasteiger partial charge in [-0.3, -0.25) is 4.79 Å². The van der Waals surface area contributed by atoms with Crippen molar-refractivity contribution in [3.05, 3.63) is 30.3 Å². The lowest BCUT2D eigenvalue weighted by Gasteiger charge is -2.12. The van der Waals surface area contributed by atoms with E-state index in [0.29, 0.717) is 12.2 Å². The van der Waals surface area contributed by atoms with Gasteiger partial charge in [0.1, 0.15) is 25.1 Å². The van der Waals surface area contributed by atoms with Crippen molar-refractivity contribution in [2.24, 2.45) is 0 Å². The number of benzene rings is 1. The van der Waals surface area contributed by atoms with E-state index in [4.69, 9.17) is 9.47 Å². The zero-order chi connectivity index (χ0) is 12.5. The summed E-state index contributed by atoms with van der Waals surface area (Å²) in [5.74, 6) is 0.401. The highest BCUT2D eigenvalue weighted by Gasteiger charge is 2.08. The molecule has 1 N–H and O–H groups in total. The van der Waals surface area contributed by atoms with Crippen LogP contribution in [-0.2, 0) is 9.53 Å². The molecule has 0 aliphatic carbocycles. The Morgan fingerprint density at radius 3 is 2.65 bits per heavy atom. The third-order valence-corrected chi connectivity index (χ3v) is 2.08. The van der Waals surface area contributed by atoms with Gasteiger partial charge in [0.05, 0.1) is 0 Å². The lowest BCUT2D eigenvalue weighted by molar-refractivity contribution is -0.147. The molecular formula is C13H18O4. The third-order valence-electron chi connectivity index (χ3n) is 2.08. The SMILES string of the molecule is CCCC(=O)OC[C@@H](O)COc1ccccc1. The highest BCUT2D eigenvalue weighted by atomic mass is 16.5. The van der Waals surface area contributed by atoms with E-state index in [0.717, 1.165) is 6.42 Å². The Labute approximate surface area is 101 Å². The number of rotatable bonds is 7. The molecule has 1 atom stereocenters. The van der Waals surface area contributed by atoms with E-state index in [1.807, 2.05) is 25.1 Å². The Kier molecular flexibility index (Phi) is 6.10. The Bertz CT molecular complexity index is 323. The standard InChI is InChI=1S/C13H18O4/c1-2-6-13(15)17-10-11(14)9-16-12-7-4-3-5-8-12/h3-5,7-8,11,14H,2,6,9-10H2,1H3/t11-/m0/s1. The predicted molar refractivity (Wildman–Crippen MR) is 63.8 cm³/mol.